The maximum atomic E-state index is 14.7. The summed E-state index contributed by atoms with van der Waals surface area (Å²) in [6.07, 6.45) is 3.67. The van der Waals surface area contributed by atoms with Crippen LogP contribution in [0.15, 0.2) is 66.9 Å². The van der Waals surface area contributed by atoms with E-state index < -0.39 is 5.82 Å². The van der Waals surface area contributed by atoms with Crippen molar-refractivity contribution in [3.63, 3.8) is 0 Å². The van der Waals surface area contributed by atoms with E-state index in [2.05, 4.69) is 20.6 Å². The molecule has 1 saturated carbocycles. The predicted octanol–water partition coefficient (Wildman–Crippen LogP) is 4.12. The van der Waals surface area contributed by atoms with Crippen LogP contribution in [-0.2, 0) is 6.54 Å². The van der Waals surface area contributed by atoms with Gasteiger partial charge in [0.05, 0.1) is 23.3 Å². The quantitative estimate of drug-likeness (QED) is 0.446. The zero-order valence-electron chi connectivity index (χ0n) is 17.6. The summed E-state index contributed by atoms with van der Waals surface area (Å²) in [5, 5.41) is 12.4. The first kappa shape index (κ1) is 19.5. The van der Waals surface area contributed by atoms with Crippen molar-refractivity contribution in [2.75, 3.05) is 0 Å². The van der Waals surface area contributed by atoms with Crippen molar-refractivity contribution in [1.82, 2.24) is 30.3 Å². The van der Waals surface area contributed by atoms with Gasteiger partial charge in [-0.25, -0.2) is 14.1 Å². The number of carbonyl (C=O) groups excluding carboxylic acids is 1. The SMILES string of the molecule is O=C(NC1CC1)c1ccc(-c2ccc3nnn(Cc4cccc5cccnc45)c3n2)cc1F. The van der Waals surface area contributed by atoms with Gasteiger partial charge >= 0.3 is 0 Å². The standard InChI is InChI=1S/C25H19FN6O/c26-20-13-16(6-9-19(20)25(33)28-18-7-8-18)21-10-11-22-24(29-21)32(31-30-22)14-17-4-1-3-15-5-2-12-27-23(15)17/h1-6,9-13,18H,7-8,14H2,(H,28,33). The zero-order chi connectivity index (χ0) is 22.4. The highest BCUT2D eigenvalue weighted by Gasteiger charge is 2.25. The Hall–Kier alpha value is -4.20. The number of carbonyl (C=O) groups is 1. The fourth-order valence-electron chi connectivity index (χ4n) is 3.93. The van der Waals surface area contributed by atoms with Crippen LogP contribution in [0.3, 0.4) is 0 Å². The molecular weight excluding hydrogens is 419 g/mol. The van der Waals surface area contributed by atoms with E-state index in [9.17, 15) is 9.18 Å². The second kappa shape index (κ2) is 7.74. The minimum absolute atomic E-state index is 0.0434. The van der Waals surface area contributed by atoms with Crippen molar-refractivity contribution in [3.05, 3.63) is 83.8 Å². The fraction of sp³-hybridized carbons (Fsp3) is 0.160. The summed E-state index contributed by atoms with van der Waals surface area (Å²) in [7, 11) is 0. The van der Waals surface area contributed by atoms with Gasteiger partial charge in [0.25, 0.3) is 5.91 Å². The Bertz CT molecular complexity index is 1520. The summed E-state index contributed by atoms with van der Waals surface area (Å²) in [4.78, 5) is 21.4. The molecule has 3 heterocycles. The number of fused-ring (bicyclic) bond motifs is 2. The van der Waals surface area contributed by atoms with Crippen LogP contribution in [0.25, 0.3) is 33.3 Å². The van der Waals surface area contributed by atoms with Crippen molar-refractivity contribution >= 4 is 28.0 Å². The lowest BCUT2D eigenvalue weighted by Gasteiger charge is -2.08. The molecule has 1 N–H and O–H groups in total. The number of halogens is 1. The molecule has 162 valence electrons. The van der Waals surface area contributed by atoms with E-state index in [4.69, 9.17) is 4.98 Å². The van der Waals surface area contributed by atoms with Crippen molar-refractivity contribution in [2.24, 2.45) is 0 Å². The summed E-state index contributed by atoms with van der Waals surface area (Å²) in [6.45, 7) is 0.454. The average Bonchev–Trinajstić information content (AvgIpc) is 3.57. The lowest BCUT2D eigenvalue weighted by atomic mass is 10.1. The Morgan fingerprint density at radius 3 is 2.82 bits per heavy atom. The Morgan fingerprint density at radius 1 is 1.09 bits per heavy atom. The monoisotopic (exact) mass is 438 g/mol. The molecule has 2 aromatic carbocycles. The summed E-state index contributed by atoms with van der Waals surface area (Å²) in [5.41, 5.74) is 4.35. The molecule has 33 heavy (non-hydrogen) atoms. The molecule has 8 heteroatoms. The number of amides is 1. The van der Waals surface area contributed by atoms with Crippen LogP contribution in [0.5, 0.6) is 0 Å². The lowest BCUT2D eigenvalue weighted by molar-refractivity contribution is 0.0947. The first-order valence-electron chi connectivity index (χ1n) is 10.8. The van der Waals surface area contributed by atoms with E-state index >= 15 is 0 Å². The van der Waals surface area contributed by atoms with Gasteiger partial charge in [0.2, 0.25) is 0 Å². The molecule has 0 bridgehead atoms. The highest BCUT2D eigenvalue weighted by molar-refractivity contribution is 5.95. The minimum atomic E-state index is -0.569. The van der Waals surface area contributed by atoms with Gasteiger partial charge < -0.3 is 5.32 Å². The normalized spacial score (nSPS) is 13.5. The van der Waals surface area contributed by atoms with Crippen LogP contribution in [0.4, 0.5) is 4.39 Å². The third-order valence-corrected chi connectivity index (χ3v) is 5.82. The number of nitrogens with zero attached hydrogens (tertiary/aromatic N) is 5. The maximum absolute atomic E-state index is 14.7. The third kappa shape index (κ3) is 3.69. The Kier molecular flexibility index (Phi) is 4.57. The van der Waals surface area contributed by atoms with E-state index in [-0.39, 0.29) is 17.5 Å². The Balaban J connectivity index is 1.34. The molecule has 0 radical (unpaired) electrons. The number of hydrogen-bond acceptors (Lipinski definition) is 5. The predicted molar refractivity (Wildman–Crippen MR) is 122 cm³/mol. The number of benzene rings is 2. The molecule has 0 aliphatic heterocycles. The summed E-state index contributed by atoms with van der Waals surface area (Å²) >= 11 is 0. The number of pyridine rings is 2. The van der Waals surface area contributed by atoms with Gasteiger partial charge in [-0.1, -0.05) is 35.5 Å². The first-order chi connectivity index (χ1) is 16.2. The highest BCUT2D eigenvalue weighted by Crippen LogP contribution is 2.25. The topological polar surface area (TPSA) is 85.6 Å². The minimum Gasteiger partial charge on any atom is -0.349 e. The van der Waals surface area contributed by atoms with Gasteiger partial charge in [-0.2, -0.15) is 0 Å². The van der Waals surface area contributed by atoms with Crippen molar-refractivity contribution in [1.29, 1.82) is 0 Å². The highest BCUT2D eigenvalue weighted by atomic mass is 19.1. The summed E-state index contributed by atoms with van der Waals surface area (Å²) < 4.78 is 16.4. The largest absolute Gasteiger partial charge is 0.349 e. The number of para-hydroxylation sites is 1. The van der Waals surface area contributed by atoms with Crippen LogP contribution < -0.4 is 5.32 Å². The molecule has 0 spiro atoms. The number of hydrogen-bond donors (Lipinski definition) is 1. The molecule has 1 fully saturated rings. The molecular formula is C25H19FN6O. The van der Waals surface area contributed by atoms with E-state index in [1.165, 1.54) is 12.1 Å². The summed E-state index contributed by atoms with van der Waals surface area (Å²) in [6, 6.07) is 18.3. The molecule has 1 aliphatic rings. The van der Waals surface area contributed by atoms with Crippen LogP contribution >= 0.6 is 0 Å². The van der Waals surface area contributed by atoms with Gasteiger partial charge in [-0.15, -0.1) is 5.10 Å². The van der Waals surface area contributed by atoms with Crippen LogP contribution in [-0.4, -0.2) is 36.9 Å². The molecule has 0 atom stereocenters. The van der Waals surface area contributed by atoms with Crippen molar-refractivity contribution < 1.29 is 9.18 Å². The van der Waals surface area contributed by atoms with Crippen molar-refractivity contribution in [3.8, 4) is 11.3 Å². The Labute approximate surface area is 188 Å². The molecule has 7 nitrogen and oxygen atoms in total. The smallest absolute Gasteiger partial charge is 0.254 e. The van der Waals surface area contributed by atoms with Gasteiger partial charge in [0.15, 0.2) is 5.65 Å². The third-order valence-electron chi connectivity index (χ3n) is 5.82. The van der Waals surface area contributed by atoms with Crippen LogP contribution in [0.1, 0.15) is 28.8 Å². The van der Waals surface area contributed by atoms with Gasteiger partial charge in [-0.05, 0) is 48.7 Å². The van der Waals surface area contributed by atoms with Gasteiger partial charge in [0, 0.05) is 23.2 Å². The van der Waals surface area contributed by atoms with E-state index in [1.807, 2.05) is 36.4 Å². The molecule has 1 amide bonds. The first-order valence-corrected chi connectivity index (χ1v) is 10.8. The van der Waals surface area contributed by atoms with E-state index in [1.54, 1.807) is 23.0 Å². The van der Waals surface area contributed by atoms with Crippen molar-refractivity contribution in [2.45, 2.75) is 25.4 Å². The number of nitrogens with one attached hydrogen (secondary N) is 1. The van der Waals surface area contributed by atoms with Crippen LogP contribution in [0, 0.1) is 5.82 Å². The Morgan fingerprint density at radius 2 is 1.97 bits per heavy atom. The number of aromatic nitrogens is 5. The van der Waals surface area contributed by atoms with Gasteiger partial charge in [-0.3, -0.25) is 9.78 Å². The van der Waals surface area contributed by atoms with Crippen LogP contribution in [0.2, 0.25) is 0 Å². The molecule has 5 aromatic rings. The average molecular weight is 438 g/mol. The number of rotatable bonds is 5. The fourth-order valence-corrected chi connectivity index (χ4v) is 3.93. The zero-order valence-corrected chi connectivity index (χ0v) is 17.6. The van der Waals surface area contributed by atoms with E-state index in [0.717, 1.165) is 29.3 Å². The second-order valence-electron chi connectivity index (χ2n) is 8.22. The molecule has 6 rings (SSSR count). The molecule has 3 aromatic heterocycles. The maximum Gasteiger partial charge on any atom is 0.254 e. The second-order valence-corrected chi connectivity index (χ2v) is 8.22. The molecule has 0 saturated heterocycles. The van der Waals surface area contributed by atoms with Gasteiger partial charge in [0.1, 0.15) is 11.3 Å². The molecule has 1 aliphatic carbocycles. The van der Waals surface area contributed by atoms with E-state index in [0.29, 0.717) is 29.0 Å². The molecule has 0 unspecified atom stereocenters. The summed E-state index contributed by atoms with van der Waals surface area (Å²) in [5.74, 6) is -0.947. The lowest BCUT2D eigenvalue weighted by Crippen LogP contribution is -2.26.